The molecule has 7 nitrogen and oxygen atoms in total. The van der Waals surface area contributed by atoms with E-state index in [4.69, 9.17) is 0 Å². The summed E-state index contributed by atoms with van der Waals surface area (Å²) in [5, 5.41) is 11.3. The van der Waals surface area contributed by atoms with Gasteiger partial charge in [-0.15, -0.1) is 0 Å². The maximum Gasteiger partial charge on any atom is 0.222 e. The predicted molar refractivity (Wildman–Crippen MR) is 85.9 cm³/mol. The van der Waals surface area contributed by atoms with Gasteiger partial charge in [-0.3, -0.25) is 14.6 Å². The number of likely N-dealkylation sites (tertiary alicyclic amines) is 1. The molecular formula is C16H24N6O. The van der Waals surface area contributed by atoms with E-state index in [1.54, 1.807) is 0 Å². The number of carbonyl (C=O) groups excluding carboxylic acids is 1. The van der Waals surface area contributed by atoms with Crippen LogP contribution >= 0.6 is 0 Å². The lowest BCUT2D eigenvalue weighted by Crippen LogP contribution is -2.39. The summed E-state index contributed by atoms with van der Waals surface area (Å²) in [5.74, 6) is 1.38. The zero-order valence-electron chi connectivity index (χ0n) is 14.0. The third-order valence-electron chi connectivity index (χ3n) is 4.84. The number of aromatic amines is 1. The molecule has 1 aliphatic rings. The summed E-state index contributed by atoms with van der Waals surface area (Å²) < 4.78 is 1.88. The highest BCUT2D eigenvalue weighted by Gasteiger charge is 2.26. The van der Waals surface area contributed by atoms with Crippen molar-refractivity contribution in [3.05, 3.63) is 29.1 Å². The van der Waals surface area contributed by atoms with Gasteiger partial charge in [0.1, 0.15) is 12.2 Å². The number of aryl methyl sites for hydroxylation is 2. The minimum atomic E-state index is 0.219. The van der Waals surface area contributed by atoms with E-state index in [0.717, 1.165) is 49.6 Å². The summed E-state index contributed by atoms with van der Waals surface area (Å²) in [6.45, 7) is 5.64. The fraction of sp³-hybridized carbons (Fsp3) is 0.625. The van der Waals surface area contributed by atoms with Gasteiger partial charge in [0.25, 0.3) is 0 Å². The molecule has 124 valence electrons. The summed E-state index contributed by atoms with van der Waals surface area (Å²) in [6.07, 6.45) is 4.90. The van der Waals surface area contributed by atoms with Crippen LogP contribution < -0.4 is 0 Å². The first-order chi connectivity index (χ1) is 11.1. The van der Waals surface area contributed by atoms with Crippen molar-refractivity contribution in [3.63, 3.8) is 0 Å². The van der Waals surface area contributed by atoms with Crippen molar-refractivity contribution in [2.24, 2.45) is 7.05 Å². The number of H-pyrrole nitrogens is 1. The van der Waals surface area contributed by atoms with E-state index in [1.807, 2.05) is 23.6 Å². The van der Waals surface area contributed by atoms with E-state index >= 15 is 0 Å². The highest BCUT2D eigenvalue weighted by atomic mass is 16.2. The van der Waals surface area contributed by atoms with Gasteiger partial charge in [0, 0.05) is 38.2 Å². The minimum Gasteiger partial charge on any atom is -0.342 e. The van der Waals surface area contributed by atoms with Crippen molar-refractivity contribution in [2.45, 2.75) is 45.4 Å². The van der Waals surface area contributed by atoms with Gasteiger partial charge in [-0.05, 0) is 38.7 Å². The minimum absolute atomic E-state index is 0.219. The van der Waals surface area contributed by atoms with Gasteiger partial charge in [0.2, 0.25) is 5.91 Å². The van der Waals surface area contributed by atoms with Gasteiger partial charge < -0.3 is 4.90 Å². The van der Waals surface area contributed by atoms with Crippen molar-refractivity contribution >= 4 is 5.91 Å². The van der Waals surface area contributed by atoms with Crippen LogP contribution in [0.4, 0.5) is 0 Å². The molecule has 23 heavy (non-hydrogen) atoms. The molecule has 1 atom stereocenters. The highest BCUT2D eigenvalue weighted by molar-refractivity contribution is 5.76. The van der Waals surface area contributed by atoms with Crippen LogP contribution in [-0.2, 0) is 18.3 Å². The van der Waals surface area contributed by atoms with E-state index in [9.17, 15) is 4.79 Å². The van der Waals surface area contributed by atoms with E-state index in [0.29, 0.717) is 6.42 Å². The summed E-state index contributed by atoms with van der Waals surface area (Å²) in [6, 6.07) is 0. The Kier molecular flexibility index (Phi) is 4.45. The van der Waals surface area contributed by atoms with Crippen molar-refractivity contribution < 1.29 is 4.79 Å². The second-order valence-electron chi connectivity index (χ2n) is 6.32. The van der Waals surface area contributed by atoms with Crippen molar-refractivity contribution in [1.82, 2.24) is 29.9 Å². The molecule has 0 radical (unpaired) electrons. The van der Waals surface area contributed by atoms with Crippen molar-refractivity contribution in [3.8, 4) is 0 Å². The molecule has 1 fully saturated rings. The van der Waals surface area contributed by atoms with Gasteiger partial charge in [0.05, 0.1) is 5.69 Å². The second-order valence-corrected chi connectivity index (χ2v) is 6.32. The zero-order chi connectivity index (χ0) is 16.4. The maximum atomic E-state index is 12.6. The van der Waals surface area contributed by atoms with Gasteiger partial charge in [-0.25, -0.2) is 4.98 Å². The average Bonchev–Trinajstić information content (AvgIpc) is 3.16. The Balaban J connectivity index is 1.59. The lowest BCUT2D eigenvalue weighted by Gasteiger charge is -2.31. The highest BCUT2D eigenvalue weighted by Crippen LogP contribution is 2.24. The van der Waals surface area contributed by atoms with Crippen molar-refractivity contribution in [2.75, 3.05) is 13.1 Å². The summed E-state index contributed by atoms with van der Waals surface area (Å²) in [5.41, 5.74) is 3.37. The Bertz CT molecular complexity index is 675. The molecule has 0 bridgehead atoms. The zero-order valence-corrected chi connectivity index (χ0v) is 14.0. The molecule has 1 saturated heterocycles. The molecule has 7 heteroatoms. The maximum absolute atomic E-state index is 12.6. The second kappa shape index (κ2) is 6.52. The topological polar surface area (TPSA) is 79.7 Å². The molecule has 3 rings (SSSR count). The van der Waals surface area contributed by atoms with Crippen LogP contribution in [0.2, 0.25) is 0 Å². The first-order valence-electron chi connectivity index (χ1n) is 8.18. The predicted octanol–water partition coefficient (Wildman–Crippen LogP) is 1.49. The molecule has 3 heterocycles. The fourth-order valence-corrected chi connectivity index (χ4v) is 3.41. The quantitative estimate of drug-likeness (QED) is 0.927. The molecule has 0 saturated carbocycles. The third kappa shape index (κ3) is 3.28. The fourth-order valence-electron chi connectivity index (χ4n) is 3.41. The lowest BCUT2D eigenvalue weighted by atomic mass is 9.96. The van der Waals surface area contributed by atoms with E-state index < -0.39 is 0 Å². The number of aromatic nitrogens is 5. The monoisotopic (exact) mass is 316 g/mol. The number of nitrogens with one attached hydrogen (secondary N) is 1. The first kappa shape index (κ1) is 15.7. The molecule has 1 amide bonds. The Morgan fingerprint density at radius 3 is 2.91 bits per heavy atom. The van der Waals surface area contributed by atoms with E-state index in [1.165, 1.54) is 11.9 Å². The molecule has 0 aromatic carbocycles. The SMILES string of the molecule is Cc1nn(C)c(C)c1CCC(=O)N1CCCC(c2ncn[nH]2)C1. The Hall–Kier alpha value is -2.18. The number of hydrogen-bond donors (Lipinski definition) is 1. The molecule has 1 aliphatic heterocycles. The van der Waals surface area contributed by atoms with Crippen LogP contribution in [-0.4, -0.2) is 48.9 Å². The first-order valence-corrected chi connectivity index (χ1v) is 8.18. The standard InChI is InChI=1S/C16H24N6O/c1-11-14(12(2)21(3)20-11)6-7-15(23)22-8-4-5-13(9-22)16-17-10-18-19-16/h10,13H,4-9H2,1-3H3,(H,17,18,19). The van der Waals surface area contributed by atoms with Gasteiger partial charge >= 0.3 is 0 Å². The smallest absolute Gasteiger partial charge is 0.222 e. The Morgan fingerprint density at radius 1 is 1.43 bits per heavy atom. The molecule has 0 spiro atoms. The average molecular weight is 316 g/mol. The van der Waals surface area contributed by atoms with E-state index in [-0.39, 0.29) is 11.8 Å². The van der Waals surface area contributed by atoms with Crippen molar-refractivity contribution in [1.29, 1.82) is 0 Å². The molecule has 0 aliphatic carbocycles. The third-order valence-corrected chi connectivity index (χ3v) is 4.84. The Labute approximate surface area is 136 Å². The molecule has 1 N–H and O–H groups in total. The summed E-state index contributed by atoms with van der Waals surface area (Å²) in [4.78, 5) is 18.8. The van der Waals surface area contributed by atoms with Crippen LogP contribution in [0.3, 0.4) is 0 Å². The molecular weight excluding hydrogens is 292 g/mol. The number of hydrogen-bond acceptors (Lipinski definition) is 4. The number of nitrogens with zero attached hydrogens (tertiary/aromatic N) is 5. The van der Waals surface area contributed by atoms with Crippen LogP contribution in [0.25, 0.3) is 0 Å². The molecule has 2 aromatic heterocycles. The normalized spacial score (nSPS) is 18.4. The number of piperidine rings is 1. The molecule has 2 aromatic rings. The van der Waals surface area contributed by atoms with E-state index in [2.05, 4.69) is 27.2 Å². The lowest BCUT2D eigenvalue weighted by molar-refractivity contribution is -0.132. The van der Waals surface area contributed by atoms with Crippen LogP contribution in [0.15, 0.2) is 6.33 Å². The van der Waals surface area contributed by atoms with Crippen LogP contribution in [0, 0.1) is 13.8 Å². The largest absolute Gasteiger partial charge is 0.342 e. The number of amides is 1. The van der Waals surface area contributed by atoms with Crippen LogP contribution in [0.5, 0.6) is 0 Å². The Morgan fingerprint density at radius 2 is 2.26 bits per heavy atom. The summed E-state index contributed by atoms with van der Waals surface area (Å²) in [7, 11) is 1.94. The number of carbonyl (C=O) groups is 1. The van der Waals surface area contributed by atoms with Gasteiger partial charge in [-0.2, -0.15) is 10.2 Å². The summed E-state index contributed by atoms with van der Waals surface area (Å²) >= 11 is 0. The van der Waals surface area contributed by atoms with Crippen LogP contribution in [0.1, 0.15) is 48.0 Å². The van der Waals surface area contributed by atoms with Gasteiger partial charge in [0.15, 0.2) is 0 Å². The molecule has 1 unspecified atom stereocenters. The number of rotatable bonds is 4. The van der Waals surface area contributed by atoms with Gasteiger partial charge in [-0.1, -0.05) is 0 Å².